The zero-order chi connectivity index (χ0) is 18.7. The molecule has 0 fully saturated rings. The molecule has 0 unspecified atom stereocenters. The summed E-state index contributed by atoms with van der Waals surface area (Å²) in [4.78, 5) is 22.3. The molecule has 130 valence electrons. The molecule has 7 heteroatoms. The first-order valence-corrected chi connectivity index (χ1v) is 8.22. The number of ketones is 1. The largest absolute Gasteiger partial charge is 0.457 e. The third-order valence-electron chi connectivity index (χ3n) is 3.58. The molecule has 3 aromatic rings. The van der Waals surface area contributed by atoms with E-state index >= 15 is 0 Å². The van der Waals surface area contributed by atoms with Gasteiger partial charge in [-0.05, 0) is 54.6 Å². The van der Waals surface area contributed by atoms with Crippen molar-refractivity contribution < 1.29 is 14.1 Å². The lowest BCUT2D eigenvalue weighted by Gasteiger charge is -2.01. The van der Waals surface area contributed by atoms with Gasteiger partial charge in [0.15, 0.2) is 5.78 Å². The number of allylic oxidation sites excluding steroid dienone is 1. The number of nitrogens with zero attached hydrogens (tertiary/aromatic N) is 1. The molecule has 0 saturated heterocycles. The highest BCUT2D eigenvalue weighted by molar-refractivity contribution is 6.35. The first kappa shape index (κ1) is 17.9. The van der Waals surface area contributed by atoms with E-state index in [-0.39, 0.29) is 11.5 Å². The number of carbonyl (C=O) groups excluding carboxylic acids is 1. The average molecular weight is 388 g/mol. The van der Waals surface area contributed by atoms with Gasteiger partial charge in [-0.1, -0.05) is 23.2 Å². The van der Waals surface area contributed by atoms with Gasteiger partial charge in [-0.15, -0.1) is 0 Å². The van der Waals surface area contributed by atoms with E-state index in [1.807, 2.05) is 0 Å². The van der Waals surface area contributed by atoms with Crippen molar-refractivity contribution in [3.63, 3.8) is 0 Å². The van der Waals surface area contributed by atoms with Crippen LogP contribution >= 0.6 is 23.2 Å². The summed E-state index contributed by atoms with van der Waals surface area (Å²) in [6, 6.07) is 13.9. The molecule has 0 spiro atoms. The normalized spacial score (nSPS) is 11.0. The zero-order valence-electron chi connectivity index (χ0n) is 13.2. The van der Waals surface area contributed by atoms with E-state index in [9.17, 15) is 14.9 Å². The van der Waals surface area contributed by atoms with Gasteiger partial charge >= 0.3 is 0 Å². The van der Waals surface area contributed by atoms with Crippen LogP contribution in [0.5, 0.6) is 0 Å². The van der Waals surface area contributed by atoms with Gasteiger partial charge in [0.1, 0.15) is 11.5 Å². The lowest BCUT2D eigenvalue weighted by atomic mass is 10.1. The minimum absolute atomic E-state index is 0.0698. The molecule has 0 N–H and O–H groups in total. The van der Waals surface area contributed by atoms with Crippen LogP contribution in [0.2, 0.25) is 10.0 Å². The van der Waals surface area contributed by atoms with Crippen LogP contribution in [0.4, 0.5) is 5.69 Å². The Labute approximate surface area is 158 Å². The molecule has 5 nitrogen and oxygen atoms in total. The third-order valence-corrected chi connectivity index (χ3v) is 4.15. The molecule has 3 rings (SSSR count). The monoisotopic (exact) mass is 387 g/mol. The maximum Gasteiger partial charge on any atom is 0.269 e. The standard InChI is InChI=1S/C19H11Cl2NO4/c20-13-3-8-17(21)16(11-13)19-10-7-15(26-19)6-9-18(23)12-1-4-14(5-2-12)22(24)25/h1-11H/b9-6+. The number of furan rings is 1. The predicted molar refractivity (Wildman–Crippen MR) is 101 cm³/mol. The van der Waals surface area contributed by atoms with Gasteiger partial charge in [-0.3, -0.25) is 14.9 Å². The Kier molecular flexibility index (Phi) is 5.21. The highest BCUT2D eigenvalue weighted by Crippen LogP contribution is 2.32. The third kappa shape index (κ3) is 4.02. The fourth-order valence-corrected chi connectivity index (χ4v) is 2.66. The smallest absolute Gasteiger partial charge is 0.269 e. The van der Waals surface area contributed by atoms with Gasteiger partial charge in [-0.25, -0.2) is 0 Å². The summed E-state index contributed by atoms with van der Waals surface area (Å²) in [6.45, 7) is 0. The molecule has 0 amide bonds. The van der Waals surface area contributed by atoms with Crippen LogP contribution in [0, 0.1) is 10.1 Å². The Hall–Kier alpha value is -2.89. The second-order valence-corrected chi connectivity index (χ2v) is 6.17. The van der Waals surface area contributed by atoms with Gasteiger partial charge in [0.05, 0.1) is 9.95 Å². The highest BCUT2D eigenvalue weighted by atomic mass is 35.5. The van der Waals surface area contributed by atoms with Gasteiger partial charge in [0, 0.05) is 28.3 Å². The predicted octanol–water partition coefficient (Wildman–Crippen LogP) is 6.06. The lowest BCUT2D eigenvalue weighted by molar-refractivity contribution is -0.384. The summed E-state index contributed by atoms with van der Waals surface area (Å²) in [5.74, 6) is 0.699. The fraction of sp³-hybridized carbons (Fsp3) is 0. The van der Waals surface area contributed by atoms with Crippen molar-refractivity contribution in [3.8, 4) is 11.3 Å². The molecule has 0 radical (unpaired) electrons. The SMILES string of the molecule is O=C(/C=C/c1ccc(-c2cc(Cl)ccc2Cl)o1)c1ccc([N+](=O)[O-])cc1. The van der Waals surface area contributed by atoms with Crippen molar-refractivity contribution in [2.75, 3.05) is 0 Å². The number of halogens is 2. The molecule has 0 aliphatic rings. The molecule has 0 aliphatic carbocycles. The Morgan fingerprint density at radius 3 is 2.46 bits per heavy atom. The van der Waals surface area contributed by atoms with E-state index < -0.39 is 4.92 Å². The number of carbonyl (C=O) groups is 1. The topological polar surface area (TPSA) is 73.3 Å². The minimum Gasteiger partial charge on any atom is -0.457 e. The minimum atomic E-state index is -0.518. The maximum absolute atomic E-state index is 12.1. The first-order valence-electron chi connectivity index (χ1n) is 7.46. The molecular formula is C19H11Cl2NO4. The number of non-ortho nitro benzene ring substituents is 1. The molecule has 0 bridgehead atoms. The van der Waals surface area contributed by atoms with Crippen LogP contribution in [-0.2, 0) is 0 Å². The van der Waals surface area contributed by atoms with Crippen molar-refractivity contribution in [2.45, 2.75) is 0 Å². The average Bonchev–Trinajstić information content (AvgIpc) is 3.10. The Bertz CT molecular complexity index is 1010. The fourth-order valence-electron chi connectivity index (χ4n) is 2.27. The molecule has 0 aliphatic heterocycles. The van der Waals surface area contributed by atoms with Gasteiger partial charge < -0.3 is 4.42 Å². The second-order valence-electron chi connectivity index (χ2n) is 5.33. The van der Waals surface area contributed by atoms with E-state index in [2.05, 4.69) is 0 Å². The van der Waals surface area contributed by atoms with Crippen molar-refractivity contribution >= 4 is 40.7 Å². The van der Waals surface area contributed by atoms with Crippen LogP contribution in [-0.4, -0.2) is 10.7 Å². The first-order chi connectivity index (χ1) is 12.4. The second kappa shape index (κ2) is 7.56. The number of benzene rings is 2. The Morgan fingerprint density at radius 1 is 1.04 bits per heavy atom. The summed E-state index contributed by atoms with van der Waals surface area (Å²) in [5.41, 5.74) is 0.927. The van der Waals surface area contributed by atoms with Gasteiger partial charge in [0.2, 0.25) is 0 Å². The summed E-state index contributed by atoms with van der Waals surface area (Å²) in [6.07, 6.45) is 2.86. The number of nitro benzene ring substituents is 1. The van der Waals surface area contributed by atoms with Gasteiger partial charge in [0.25, 0.3) is 5.69 Å². The van der Waals surface area contributed by atoms with E-state index in [0.717, 1.165) is 0 Å². The zero-order valence-corrected chi connectivity index (χ0v) is 14.7. The summed E-state index contributed by atoms with van der Waals surface area (Å²) < 4.78 is 5.67. The molecule has 0 saturated carbocycles. The number of nitro groups is 1. The molecule has 1 aromatic heterocycles. The molecule has 26 heavy (non-hydrogen) atoms. The number of rotatable bonds is 5. The Morgan fingerprint density at radius 2 is 1.77 bits per heavy atom. The molecular weight excluding hydrogens is 377 g/mol. The van der Waals surface area contributed by atoms with Crippen LogP contribution in [0.15, 0.2) is 65.1 Å². The lowest BCUT2D eigenvalue weighted by Crippen LogP contribution is -1.95. The van der Waals surface area contributed by atoms with Crippen molar-refractivity contribution in [1.82, 2.24) is 0 Å². The summed E-state index contributed by atoms with van der Waals surface area (Å²) >= 11 is 12.1. The summed E-state index contributed by atoms with van der Waals surface area (Å²) in [5, 5.41) is 11.7. The van der Waals surface area contributed by atoms with Crippen molar-refractivity contribution in [1.29, 1.82) is 0 Å². The maximum atomic E-state index is 12.1. The van der Waals surface area contributed by atoms with Crippen molar-refractivity contribution in [3.05, 3.63) is 92.2 Å². The van der Waals surface area contributed by atoms with E-state index in [4.69, 9.17) is 27.6 Å². The number of hydrogen-bond acceptors (Lipinski definition) is 4. The van der Waals surface area contributed by atoms with Crippen LogP contribution in [0.25, 0.3) is 17.4 Å². The quantitative estimate of drug-likeness (QED) is 0.231. The molecule has 0 atom stereocenters. The Balaban J connectivity index is 1.77. The van der Waals surface area contributed by atoms with Gasteiger partial charge in [-0.2, -0.15) is 0 Å². The van der Waals surface area contributed by atoms with Crippen LogP contribution < -0.4 is 0 Å². The van der Waals surface area contributed by atoms with E-state index in [0.29, 0.717) is 32.7 Å². The van der Waals surface area contributed by atoms with Crippen LogP contribution in [0.3, 0.4) is 0 Å². The van der Waals surface area contributed by atoms with E-state index in [1.165, 1.54) is 36.4 Å². The molecule has 2 aromatic carbocycles. The number of hydrogen-bond donors (Lipinski definition) is 0. The summed E-state index contributed by atoms with van der Waals surface area (Å²) in [7, 11) is 0. The van der Waals surface area contributed by atoms with Crippen LogP contribution in [0.1, 0.15) is 16.1 Å². The van der Waals surface area contributed by atoms with E-state index in [1.54, 1.807) is 30.3 Å². The highest BCUT2D eigenvalue weighted by Gasteiger charge is 2.10. The molecule has 1 heterocycles. The van der Waals surface area contributed by atoms with Crippen molar-refractivity contribution in [2.24, 2.45) is 0 Å².